The van der Waals surface area contributed by atoms with Crippen molar-refractivity contribution in [1.82, 2.24) is 0 Å². The van der Waals surface area contributed by atoms with E-state index in [-0.39, 0.29) is 5.41 Å². The summed E-state index contributed by atoms with van der Waals surface area (Å²) in [4.78, 5) is 0. The first-order valence-corrected chi connectivity index (χ1v) is 28.5. The van der Waals surface area contributed by atoms with Crippen LogP contribution in [0.1, 0.15) is 36.8 Å². The van der Waals surface area contributed by atoms with Crippen LogP contribution in [0.3, 0.4) is 0 Å². The van der Waals surface area contributed by atoms with Gasteiger partial charge in [-0.15, -0.1) is 0 Å². The van der Waals surface area contributed by atoms with E-state index in [0.717, 1.165) is 0 Å². The minimum Gasteiger partial charge on any atom is -0.0623 e. The molecule has 2 aliphatic carbocycles. The molecule has 0 saturated heterocycles. The van der Waals surface area contributed by atoms with E-state index in [0.29, 0.717) is 0 Å². The topological polar surface area (TPSA) is 0 Å². The van der Waals surface area contributed by atoms with Crippen LogP contribution in [0.5, 0.6) is 0 Å². The van der Waals surface area contributed by atoms with Crippen LogP contribution in [0.25, 0.3) is 88.3 Å². The molecule has 1 spiro atoms. The molecule has 292 valence electrons. The van der Waals surface area contributed by atoms with Crippen LogP contribution < -0.4 is 20.7 Å². The molecular weight excluding hydrogens is 765 g/mol. The molecule has 0 amide bonds. The molecule has 2 heterocycles. The Balaban J connectivity index is 1.16. The van der Waals surface area contributed by atoms with E-state index >= 15 is 0 Å². The third-order valence-corrected chi connectivity index (χ3v) is 22.9. The van der Waals surface area contributed by atoms with Gasteiger partial charge in [-0.25, -0.2) is 0 Å². The summed E-state index contributed by atoms with van der Waals surface area (Å²) in [5.41, 5.74) is 20.0. The number of hydrogen-bond acceptors (Lipinski definition) is 0. The van der Waals surface area contributed by atoms with E-state index < -0.39 is 16.1 Å². The summed E-state index contributed by atoms with van der Waals surface area (Å²) in [6.07, 6.45) is 5.04. The fourth-order valence-corrected chi connectivity index (χ4v) is 20.2. The van der Waals surface area contributed by atoms with Crippen molar-refractivity contribution in [2.24, 2.45) is 0 Å². The van der Waals surface area contributed by atoms with Gasteiger partial charge in [0.05, 0.1) is 0 Å². The van der Waals surface area contributed by atoms with Crippen molar-refractivity contribution in [3.63, 3.8) is 0 Å². The Bertz CT molecular complexity index is 3210. The average Bonchev–Trinajstić information content (AvgIpc) is 4.02. The van der Waals surface area contributed by atoms with Gasteiger partial charge < -0.3 is 0 Å². The molecule has 0 nitrogen and oxygen atoms in total. The van der Waals surface area contributed by atoms with Crippen molar-refractivity contribution in [1.29, 1.82) is 0 Å². The highest BCUT2D eigenvalue weighted by Crippen LogP contribution is 2.60. The molecule has 13 rings (SSSR count). The average molecular weight is 813 g/mol. The lowest BCUT2D eigenvalue weighted by atomic mass is 9.76. The summed E-state index contributed by atoms with van der Waals surface area (Å²) in [5, 5.41) is 11.6. The van der Waals surface area contributed by atoms with Crippen LogP contribution in [0.4, 0.5) is 0 Å². The number of rotatable bonds is 3. The highest BCUT2D eigenvalue weighted by atomic mass is 28.3. The molecule has 0 bridgehead atoms. The molecular formula is C59H48Si2. The fourth-order valence-electron chi connectivity index (χ4n) is 13.3. The smallest absolute Gasteiger partial charge is 0.0623 e. The van der Waals surface area contributed by atoms with Gasteiger partial charge >= 0.3 is 0 Å². The Kier molecular flexibility index (Phi) is 7.31. The van der Waals surface area contributed by atoms with E-state index in [1.54, 1.807) is 31.9 Å². The number of hydrogen-bond donors (Lipinski definition) is 0. The largest absolute Gasteiger partial charge is 0.114 e. The molecule has 61 heavy (non-hydrogen) atoms. The molecule has 2 aliphatic heterocycles. The van der Waals surface area contributed by atoms with Crippen molar-refractivity contribution in [3.05, 3.63) is 181 Å². The predicted molar refractivity (Wildman–Crippen MR) is 267 cm³/mol. The maximum absolute atomic E-state index is 2.60. The number of fused-ring (bicyclic) bond motifs is 13. The highest BCUT2D eigenvalue weighted by Gasteiger charge is 2.46. The molecule has 0 atom stereocenters. The first kappa shape index (κ1) is 35.7. The number of benzene rings is 9. The van der Waals surface area contributed by atoms with E-state index in [1.165, 1.54) is 114 Å². The Morgan fingerprint density at radius 1 is 0.328 bits per heavy atom. The van der Waals surface area contributed by atoms with Gasteiger partial charge in [0.1, 0.15) is 16.1 Å². The normalized spacial score (nSPS) is 16.7. The maximum Gasteiger partial charge on any atom is 0.114 e. The van der Waals surface area contributed by atoms with Crippen LogP contribution in [-0.4, -0.2) is 16.1 Å². The third kappa shape index (κ3) is 4.59. The van der Waals surface area contributed by atoms with Crippen LogP contribution >= 0.6 is 0 Å². The van der Waals surface area contributed by atoms with Gasteiger partial charge in [0.25, 0.3) is 0 Å². The molecule has 0 unspecified atom stereocenters. The van der Waals surface area contributed by atoms with Crippen molar-refractivity contribution in [3.8, 4) is 66.8 Å². The quantitative estimate of drug-likeness (QED) is 0.123. The first-order valence-electron chi connectivity index (χ1n) is 22.5. The Morgan fingerprint density at radius 2 is 0.721 bits per heavy atom. The zero-order chi connectivity index (χ0) is 40.8. The Hall–Kier alpha value is -6.07. The van der Waals surface area contributed by atoms with Gasteiger partial charge in [0.15, 0.2) is 0 Å². The van der Waals surface area contributed by atoms with Crippen molar-refractivity contribution >= 4 is 58.4 Å². The highest BCUT2D eigenvalue weighted by molar-refractivity contribution is 7.05. The standard InChI is InChI=1S/C59H48Si2/c1-60(2)53-32-9-6-18-39(53)45-27-15-25-43(57(45)60)37-21-13-23-41-49(37)36-50-38(44-26-16-28-46-40-19-7-10-33-54(40)61(3,4)58(44)46)22-14-24-42(50)55(41)48-29-17-31-52-56(48)47-20-5-8-30-51(47)59(52)34-11-12-35-59/h5-10,13-33,36H,11-12,34-35H2,1-4H3. The first-order chi connectivity index (χ1) is 29.8. The lowest BCUT2D eigenvalue weighted by molar-refractivity contribution is 0.550. The van der Waals surface area contributed by atoms with Gasteiger partial charge in [-0.05, 0) is 139 Å². The summed E-state index contributed by atoms with van der Waals surface area (Å²) < 4.78 is 0. The summed E-state index contributed by atoms with van der Waals surface area (Å²) in [7, 11) is -4.04. The van der Waals surface area contributed by atoms with Crippen LogP contribution in [0.15, 0.2) is 170 Å². The summed E-state index contributed by atoms with van der Waals surface area (Å²) in [5.74, 6) is 0. The van der Waals surface area contributed by atoms with Gasteiger partial charge in [-0.3, -0.25) is 0 Å². The molecule has 0 radical (unpaired) electrons. The molecule has 1 saturated carbocycles. The lowest BCUT2D eigenvalue weighted by Gasteiger charge is -2.27. The lowest BCUT2D eigenvalue weighted by Crippen LogP contribution is -2.50. The minimum atomic E-state index is -2.02. The van der Waals surface area contributed by atoms with E-state index in [2.05, 4.69) is 196 Å². The van der Waals surface area contributed by atoms with E-state index in [4.69, 9.17) is 0 Å². The summed E-state index contributed by atoms with van der Waals surface area (Å²) in [6.45, 7) is 10.3. The molecule has 0 aromatic heterocycles. The van der Waals surface area contributed by atoms with Crippen LogP contribution in [0.2, 0.25) is 26.2 Å². The van der Waals surface area contributed by atoms with Crippen molar-refractivity contribution < 1.29 is 0 Å². The van der Waals surface area contributed by atoms with Gasteiger partial charge in [-0.2, -0.15) is 0 Å². The monoisotopic (exact) mass is 812 g/mol. The van der Waals surface area contributed by atoms with Crippen LogP contribution in [0, 0.1) is 0 Å². The second-order valence-corrected chi connectivity index (χ2v) is 28.0. The molecule has 1 fully saturated rings. The Labute approximate surface area is 361 Å². The fraction of sp³-hybridized carbons (Fsp3) is 0.153. The van der Waals surface area contributed by atoms with E-state index in [1.807, 2.05) is 0 Å². The van der Waals surface area contributed by atoms with Crippen LogP contribution in [-0.2, 0) is 5.41 Å². The third-order valence-electron chi connectivity index (χ3n) is 15.8. The summed E-state index contributed by atoms with van der Waals surface area (Å²) in [6, 6.07) is 66.4. The molecule has 9 aromatic carbocycles. The van der Waals surface area contributed by atoms with Gasteiger partial charge in [0, 0.05) is 5.41 Å². The second kappa shape index (κ2) is 12.5. The Morgan fingerprint density at radius 3 is 1.28 bits per heavy atom. The van der Waals surface area contributed by atoms with Crippen molar-refractivity contribution in [2.45, 2.75) is 57.3 Å². The van der Waals surface area contributed by atoms with Crippen molar-refractivity contribution in [2.75, 3.05) is 0 Å². The molecule has 2 heteroatoms. The molecule has 4 aliphatic rings. The zero-order valence-corrected chi connectivity index (χ0v) is 37.5. The zero-order valence-electron chi connectivity index (χ0n) is 35.5. The minimum absolute atomic E-state index is 0.101. The SMILES string of the molecule is C[Si]1(C)c2ccccc2-c2cccc(-c3cccc4c(-c5cccc6c5-c5ccccc5C65CCCC5)c5cccc(-c6cccc7c6[Si](C)(C)c6ccccc6-7)c5cc34)c21. The molecule has 9 aromatic rings. The van der Waals surface area contributed by atoms with Gasteiger partial charge in [0.2, 0.25) is 0 Å². The van der Waals surface area contributed by atoms with E-state index in [9.17, 15) is 0 Å². The van der Waals surface area contributed by atoms with Gasteiger partial charge in [-0.1, -0.05) is 203 Å². The maximum atomic E-state index is 2.60. The predicted octanol–water partition coefficient (Wildman–Crippen LogP) is 13.4. The summed E-state index contributed by atoms with van der Waals surface area (Å²) >= 11 is 0. The second-order valence-electron chi connectivity index (χ2n) is 19.4. The molecule has 0 N–H and O–H groups in total.